The van der Waals surface area contributed by atoms with E-state index in [1.54, 1.807) is 0 Å². The fraction of sp³-hybridized carbons (Fsp3) is 0.300. The summed E-state index contributed by atoms with van der Waals surface area (Å²) in [5.41, 5.74) is 1.95. The van der Waals surface area contributed by atoms with E-state index in [0.717, 1.165) is 11.1 Å². The van der Waals surface area contributed by atoms with Gasteiger partial charge < -0.3 is 15.2 Å². The minimum Gasteiger partial charge on any atom is -0.480 e. The molecule has 138 valence electrons. The summed E-state index contributed by atoms with van der Waals surface area (Å²) < 4.78 is 5.46. The zero-order valence-electron chi connectivity index (χ0n) is 14.4. The highest BCUT2D eigenvalue weighted by molar-refractivity contribution is 7.80. The second-order valence-electron chi connectivity index (χ2n) is 5.97. The smallest absolute Gasteiger partial charge is 0.328 e. The van der Waals surface area contributed by atoms with Crippen molar-refractivity contribution in [3.05, 3.63) is 71.8 Å². The quantitative estimate of drug-likeness (QED) is 0.560. The molecule has 2 aromatic carbocycles. The third-order valence-corrected chi connectivity index (χ3v) is 4.37. The van der Waals surface area contributed by atoms with Gasteiger partial charge in [0.2, 0.25) is 5.91 Å². The van der Waals surface area contributed by atoms with Crippen molar-refractivity contribution in [2.24, 2.45) is 5.92 Å². The first-order valence-electron chi connectivity index (χ1n) is 8.39. The van der Waals surface area contributed by atoms with E-state index in [-0.39, 0.29) is 12.5 Å². The van der Waals surface area contributed by atoms with E-state index >= 15 is 0 Å². The first-order valence-corrected chi connectivity index (χ1v) is 9.03. The van der Waals surface area contributed by atoms with Crippen LogP contribution in [0, 0.1) is 5.92 Å². The van der Waals surface area contributed by atoms with Crippen LogP contribution in [0.4, 0.5) is 0 Å². The van der Waals surface area contributed by atoms with Crippen LogP contribution in [-0.2, 0) is 27.4 Å². The molecule has 0 aliphatic rings. The van der Waals surface area contributed by atoms with E-state index in [9.17, 15) is 14.7 Å². The van der Waals surface area contributed by atoms with Gasteiger partial charge in [-0.15, -0.1) is 0 Å². The number of carbonyl (C=O) groups excluding carboxylic acids is 1. The Bertz CT molecular complexity index is 693. The summed E-state index contributed by atoms with van der Waals surface area (Å²) in [6.07, 6.45) is 0.507. The van der Waals surface area contributed by atoms with Crippen molar-refractivity contribution in [3.63, 3.8) is 0 Å². The lowest BCUT2D eigenvalue weighted by Crippen LogP contribution is -2.47. The zero-order valence-corrected chi connectivity index (χ0v) is 15.3. The number of carboxylic acids is 1. The number of carboxylic acid groups (broad SMARTS) is 1. The first kappa shape index (κ1) is 20.0. The second kappa shape index (κ2) is 10.6. The number of hydrogen-bond acceptors (Lipinski definition) is 4. The maximum atomic E-state index is 12.4. The van der Waals surface area contributed by atoms with Crippen LogP contribution in [0.15, 0.2) is 60.7 Å². The van der Waals surface area contributed by atoms with Crippen LogP contribution in [0.25, 0.3) is 0 Å². The van der Waals surface area contributed by atoms with Crippen molar-refractivity contribution in [3.8, 4) is 0 Å². The topological polar surface area (TPSA) is 75.6 Å². The van der Waals surface area contributed by atoms with Crippen molar-refractivity contribution < 1.29 is 19.4 Å². The molecule has 0 aromatic heterocycles. The Morgan fingerprint density at radius 2 is 1.58 bits per heavy atom. The van der Waals surface area contributed by atoms with Gasteiger partial charge in [-0.1, -0.05) is 60.7 Å². The Morgan fingerprint density at radius 3 is 2.12 bits per heavy atom. The van der Waals surface area contributed by atoms with Crippen molar-refractivity contribution in [2.45, 2.75) is 19.1 Å². The Hall–Kier alpha value is -2.31. The number of aliphatic carboxylic acids is 1. The molecular formula is C20H23NO4S. The SMILES string of the molecule is O=C(NC(COCc1ccccc1)C(=O)O)C(CS)Cc1ccccc1. The predicted octanol–water partition coefficient (Wildman–Crippen LogP) is 2.56. The molecule has 2 aromatic rings. The van der Waals surface area contributed by atoms with Gasteiger partial charge in [-0.05, 0) is 17.5 Å². The minimum absolute atomic E-state index is 0.0966. The number of rotatable bonds is 10. The van der Waals surface area contributed by atoms with E-state index in [2.05, 4.69) is 17.9 Å². The standard InChI is InChI=1S/C20H23NO4S/c22-19(17(14-26)11-15-7-3-1-4-8-15)21-18(20(23)24)13-25-12-16-9-5-2-6-10-16/h1-10,17-18,26H,11-14H2,(H,21,22)(H,23,24). The summed E-state index contributed by atoms with van der Waals surface area (Å²) in [7, 11) is 0. The van der Waals surface area contributed by atoms with Crippen LogP contribution < -0.4 is 5.32 Å². The summed E-state index contributed by atoms with van der Waals surface area (Å²) in [4.78, 5) is 23.9. The highest BCUT2D eigenvalue weighted by atomic mass is 32.1. The zero-order chi connectivity index (χ0) is 18.8. The lowest BCUT2D eigenvalue weighted by atomic mass is 10.00. The van der Waals surface area contributed by atoms with E-state index in [1.807, 2.05) is 60.7 Å². The van der Waals surface area contributed by atoms with Gasteiger partial charge in [0.15, 0.2) is 6.04 Å². The third kappa shape index (κ3) is 6.54. The van der Waals surface area contributed by atoms with Gasteiger partial charge in [0.25, 0.3) is 0 Å². The maximum absolute atomic E-state index is 12.4. The molecule has 1 amide bonds. The van der Waals surface area contributed by atoms with E-state index in [0.29, 0.717) is 18.8 Å². The largest absolute Gasteiger partial charge is 0.480 e. The van der Waals surface area contributed by atoms with Crippen molar-refractivity contribution >= 4 is 24.5 Å². The normalized spacial score (nSPS) is 13.0. The molecule has 0 radical (unpaired) electrons. The molecule has 6 heteroatoms. The number of benzene rings is 2. The fourth-order valence-corrected chi connectivity index (χ4v) is 2.77. The minimum atomic E-state index is -1.12. The Balaban J connectivity index is 1.88. The number of hydrogen-bond donors (Lipinski definition) is 3. The number of nitrogens with one attached hydrogen (secondary N) is 1. The maximum Gasteiger partial charge on any atom is 0.328 e. The van der Waals surface area contributed by atoms with Gasteiger partial charge in [-0.25, -0.2) is 4.79 Å². The van der Waals surface area contributed by atoms with Crippen LogP contribution in [0.3, 0.4) is 0 Å². The number of thiol groups is 1. The third-order valence-electron chi connectivity index (χ3n) is 3.93. The van der Waals surface area contributed by atoms with E-state index in [1.165, 1.54) is 0 Å². The Labute approximate surface area is 158 Å². The summed E-state index contributed by atoms with van der Waals surface area (Å²) >= 11 is 4.24. The van der Waals surface area contributed by atoms with Crippen LogP contribution in [0.1, 0.15) is 11.1 Å². The lowest BCUT2D eigenvalue weighted by molar-refractivity contribution is -0.144. The molecule has 0 heterocycles. The second-order valence-corrected chi connectivity index (χ2v) is 6.33. The van der Waals surface area contributed by atoms with Crippen molar-refractivity contribution in [1.82, 2.24) is 5.32 Å². The molecule has 5 nitrogen and oxygen atoms in total. The Kier molecular flexibility index (Phi) is 8.18. The molecule has 0 spiro atoms. The summed E-state index contributed by atoms with van der Waals surface area (Å²) in [5, 5.41) is 11.9. The molecular weight excluding hydrogens is 350 g/mol. The molecule has 0 aliphatic carbocycles. The van der Waals surface area contributed by atoms with Crippen LogP contribution in [0.5, 0.6) is 0 Å². The molecule has 0 bridgehead atoms. The summed E-state index contributed by atoms with van der Waals surface area (Å²) in [6, 6.07) is 17.9. The number of amides is 1. The molecule has 26 heavy (non-hydrogen) atoms. The molecule has 2 N–H and O–H groups in total. The molecule has 0 fully saturated rings. The average molecular weight is 373 g/mol. The van der Waals surface area contributed by atoms with Gasteiger partial charge >= 0.3 is 5.97 Å². The lowest BCUT2D eigenvalue weighted by Gasteiger charge is -2.19. The number of carbonyl (C=O) groups is 2. The monoisotopic (exact) mass is 373 g/mol. The van der Waals surface area contributed by atoms with Gasteiger partial charge in [0.1, 0.15) is 0 Å². The van der Waals surface area contributed by atoms with Gasteiger partial charge in [-0.3, -0.25) is 4.79 Å². The van der Waals surface area contributed by atoms with Crippen LogP contribution >= 0.6 is 12.6 Å². The van der Waals surface area contributed by atoms with Crippen LogP contribution in [0.2, 0.25) is 0 Å². The number of ether oxygens (including phenoxy) is 1. The molecule has 0 aliphatic heterocycles. The Morgan fingerprint density at radius 1 is 1.00 bits per heavy atom. The van der Waals surface area contributed by atoms with Crippen LogP contribution in [-0.4, -0.2) is 35.4 Å². The van der Waals surface area contributed by atoms with Crippen molar-refractivity contribution in [2.75, 3.05) is 12.4 Å². The fourth-order valence-electron chi connectivity index (χ4n) is 2.47. The van der Waals surface area contributed by atoms with E-state index in [4.69, 9.17) is 4.74 Å². The molecule has 2 atom stereocenters. The molecule has 2 rings (SSSR count). The van der Waals surface area contributed by atoms with Gasteiger partial charge in [0.05, 0.1) is 19.1 Å². The first-order chi connectivity index (χ1) is 12.6. The highest BCUT2D eigenvalue weighted by Gasteiger charge is 2.25. The summed E-state index contributed by atoms with van der Waals surface area (Å²) in [6.45, 7) is 0.196. The average Bonchev–Trinajstić information content (AvgIpc) is 2.66. The summed E-state index contributed by atoms with van der Waals surface area (Å²) in [5.74, 6) is -1.53. The molecule has 0 saturated carbocycles. The highest BCUT2D eigenvalue weighted by Crippen LogP contribution is 2.11. The van der Waals surface area contributed by atoms with Gasteiger partial charge in [0, 0.05) is 5.75 Å². The molecule has 0 saturated heterocycles. The molecule has 2 unspecified atom stereocenters. The van der Waals surface area contributed by atoms with Crippen molar-refractivity contribution in [1.29, 1.82) is 0 Å². The van der Waals surface area contributed by atoms with Gasteiger partial charge in [-0.2, -0.15) is 12.6 Å². The van der Waals surface area contributed by atoms with E-state index < -0.39 is 17.9 Å². The predicted molar refractivity (Wildman–Crippen MR) is 103 cm³/mol.